The van der Waals surface area contributed by atoms with Gasteiger partial charge in [0.05, 0.1) is 6.42 Å². The lowest BCUT2D eigenvalue weighted by atomic mass is 10.1. The molecule has 0 unspecified atom stereocenters. The zero-order valence-electron chi connectivity index (χ0n) is 12.1. The molecule has 8 heteroatoms. The number of nitrogens with zero attached hydrogens (tertiary/aromatic N) is 3. The van der Waals surface area contributed by atoms with Crippen LogP contribution in [0.5, 0.6) is 0 Å². The third-order valence-electron chi connectivity index (χ3n) is 3.49. The Balaban J connectivity index is 1.89. The molecule has 2 heterocycles. The average molecular weight is 320 g/mol. The van der Waals surface area contributed by atoms with Crippen molar-refractivity contribution in [3.8, 4) is 0 Å². The van der Waals surface area contributed by atoms with Gasteiger partial charge in [0, 0.05) is 10.7 Å². The summed E-state index contributed by atoms with van der Waals surface area (Å²) in [6.45, 7) is 3.52. The van der Waals surface area contributed by atoms with Gasteiger partial charge in [-0.05, 0) is 31.5 Å². The van der Waals surface area contributed by atoms with Crippen LogP contribution >= 0.6 is 11.6 Å². The van der Waals surface area contributed by atoms with Crippen LogP contribution in [0.15, 0.2) is 18.2 Å². The lowest BCUT2D eigenvalue weighted by Gasteiger charge is -2.23. The van der Waals surface area contributed by atoms with E-state index in [4.69, 9.17) is 11.6 Å². The molecule has 0 saturated carbocycles. The van der Waals surface area contributed by atoms with Crippen molar-refractivity contribution in [2.75, 3.05) is 10.6 Å². The SMILES string of the molecule is Cc1nc2n(n1)[C@@H](C(=O)Nc1cccc(Cl)c1C)CC(=O)N2. The van der Waals surface area contributed by atoms with Crippen LogP contribution in [0.3, 0.4) is 0 Å². The van der Waals surface area contributed by atoms with E-state index in [9.17, 15) is 9.59 Å². The summed E-state index contributed by atoms with van der Waals surface area (Å²) in [6.07, 6.45) is 0.0151. The summed E-state index contributed by atoms with van der Waals surface area (Å²) in [7, 11) is 0. The Morgan fingerprint density at radius 3 is 3.00 bits per heavy atom. The summed E-state index contributed by atoms with van der Waals surface area (Å²) in [5.41, 5.74) is 1.38. The minimum atomic E-state index is -0.733. The fourth-order valence-electron chi connectivity index (χ4n) is 2.33. The third kappa shape index (κ3) is 2.55. The van der Waals surface area contributed by atoms with Crippen molar-refractivity contribution >= 4 is 35.1 Å². The Morgan fingerprint density at radius 2 is 2.23 bits per heavy atom. The van der Waals surface area contributed by atoms with E-state index in [1.54, 1.807) is 25.1 Å². The van der Waals surface area contributed by atoms with Gasteiger partial charge in [0.15, 0.2) is 0 Å². The van der Waals surface area contributed by atoms with Gasteiger partial charge in [0.1, 0.15) is 11.9 Å². The van der Waals surface area contributed by atoms with Crippen molar-refractivity contribution in [3.05, 3.63) is 34.6 Å². The van der Waals surface area contributed by atoms with E-state index < -0.39 is 6.04 Å². The molecular weight excluding hydrogens is 306 g/mol. The summed E-state index contributed by atoms with van der Waals surface area (Å²) in [5.74, 6) is 0.194. The Kier molecular flexibility index (Phi) is 3.58. The molecule has 0 aliphatic carbocycles. The topological polar surface area (TPSA) is 88.9 Å². The van der Waals surface area contributed by atoms with Gasteiger partial charge in [-0.1, -0.05) is 17.7 Å². The summed E-state index contributed by atoms with van der Waals surface area (Å²) >= 11 is 6.05. The molecule has 2 aromatic rings. The highest BCUT2D eigenvalue weighted by atomic mass is 35.5. The molecule has 0 fully saturated rings. The summed E-state index contributed by atoms with van der Waals surface area (Å²) in [6, 6.07) is 4.53. The van der Waals surface area contributed by atoms with Crippen LogP contribution in [0.2, 0.25) is 5.02 Å². The number of hydrogen-bond donors (Lipinski definition) is 2. The molecule has 3 rings (SSSR count). The number of carbonyl (C=O) groups is 2. The number of amides is 2. The number of hydrogen-bond acceptors (Lipinski definition) is 4. The fourth-order valence-corrected chi connectivity index (χ4v) is 2.51. The molecule has 2 amide bonds. The zero-order chi connectivity index (χ0) is 15.9. The van der Waals surface area contributed by atoms with Crippen LogP contribution in [0.1, 0.15) is 23.9 Å². The molecule has 1 aromatic heterocycles. The van der Waals surface area contributed by atoms with Gasteiger partial charge in [-0.15, -0.1) is 0 Å². The number of rotatable bonds is 2. The zero-order valence-corrected chi connectivity index (χ0v) is 12.8. The van der Waals surface area contributed by atoms with Gasteiger partial charge in [-0.3, -0.25) is 14.9 Å². The van der Waals surface area contributed by atoms with Gasteiger partial charge in [0.25, 0.3) is 0 Å². The van der Waals surface area contributed by atoms with E-state index >= 15 is 0 Å². The van der Waals surface area contributed by atoms with Crippen LogP contribution in [-0.4, -0.2) is 26.6 Å². The van der Waals surface area contributed by atoms with Crippen molar-refractivity contribution in [1.29, 1.82) is 0 Å². The molecule has 0 spiro atoms. The maximum Gasteiger partial charge on any atom is 0.249 e. The van der Waals surface area contributed by atoms with Crippen LogP contribution in [0.25, 0.3) is 0 Å². The molecule has 0 radical (unpaired) electrons. The highest BCUT2D eigenvalue weighted by Gasteiger charge is 2.32. The first-order chi connectivity index (χ1) is 10.5. The quantitative estimate of drug-likeness (QED) is 0.886. The van der Waals surface area contributed by atoms with Gasteiger partial charge < -0.3 is 5.32 Å². The molecule has 1 atom stereocenters. The summed E-state index contributed by atoms with van der Waals surface area (Å²) in [4.78, 5) is 28.3. The number of aromatic nitrogens is 3. The van der Waals surface area contributed by atoms with E-state index in [1.807, 2.05) is 6.92 Å². The molecule has 1 aromatic carbocycles. The molecule has 1 aliphatic rings. The van der Waals surface area contributed by atoms with Gasteiger partial charge >= 0.3 is 0 Å². The standard InChI is InChI=1S/C14H14ClN5O2/c1-7-9(15)4-3-5-10(7)17-13(22)11-6-12(21)18-14-16-8(2)19-20(11)14/h3-5,11H,6H2,1-2H3,(H,17,22)(H,16,18,19,21)/t11-/m1/s1. The lowest BCUT2D eigenvalue weighted by Crippen LogP contribution is -2.36. The number of anilines is 2. The smallest absolute Gasteiger partial charge is 0.249 e. The van der Waals surface area contributed by atoms with Crippen molar-refractivity contribution in [1.82, 2.24) is 14.8 Å². The average Bonchev–Trinajstić information content (AvgIpc) is 2.82. The van der Waals surface area contributed by atoms with Crippen molar-refractivity contribution in [3.63, 3.8) is 0 Å². The van der Waals surface area contributed by atoms with Crippen molar-refractivity contribution in [2.24, 2.45) is 0 Å². The maximum atomic E-state index is 12.5. The minimum Gasteiger partial charge on any atom is -0.324 e. The number of aryl methyl sites for hydroxylation is 1. The Morgan fingerprint density at radius 1 is 1.45 bits per heavy atom. The second-order valence-corrected chi connectivity index (χ2v) is 5.50. The van der Waals surface area contributed by atoms with Crippen molar-refractivity contribution in [2.45, 2.75) is 26.3 Å². The second kappa shape index (κ2) is 5.42. The fraction of sp³-hybridized carbons (Fsp3) is 0.286. The van der Waals surface area contributed by atoms with E-state index in [1.165, 1.54) is 4.68 Å². The molecule has 114 valence electrons. The number of nitrogens with one attached hydrogen (secondary N) is 2. The van der Waals surface area contributed by atoms with E-state index in [0.717, 1.165) is 5.56 Å². The molecule has 7 nitrogen and oxygen atoms in total. The first-order valence-corrected chi connectivity index (χ1v) is 7.12. The third-order valence-corrected chi connectivity index (χ3v) is 3.90. The van der Waals surface area contributed by atoms with Gasteiger partial charge in [0.2, 0.25) is 17.8 Å². The lowest BCUT2D eigenvalue weighted by molar-refractivity contribution is -0.125. The molecule has 22 heavy (non-hydrogen) atoms. The van der Waals surface area contributed by atoms with Gasteiger partial charge in [-0.2, -0.15) is 10.1 Å². The van der Waals surface area contributed by atoms with Crippen LogP contribution < -0.4 is 10.6 Å². The number of fused-ring (bicyclic) bond motifs is 1. The number of halogens is 1. The monoisotopic (exact) mass is 319 g/mol. The molecule has 2 N–H and O–H groups in total. The normalized spacial score (nSPS) is 16.9. The molecule has 0 bridgehead atoms. The summed E-state index contributed by atoms with van der Waals surface area (Å²) in [5, 5.41) is 10.1. The van der Waals surface area contributed by atoms with E-state index in [2.05, 4.69) is 20.7 Å². The van der Waals surface area contributed by atoms with Crippen LogP contribution in [-0.2, 0) is 9.59 Å². The van der Waals surface area contributed by atoms with E-state index in [0.29, 0.717) is 16.5 Å². The number of carbonyl (C=O) groups excluding carboxylic acids is 2. The molecule has 1 aliphatic heterocycles. The first kappa shape index (κ1) is 14.5. The maximum absolute atomic E-state index is 12.5. The highest BCUT2D eigenvalue weighted by molar-refractivity contribution is 6.31. The van der Waals surface area contributed by atoms with Crippen molar-refractivity contribution < 1.29 is 9.59 Å². The van der Waals surface area contributed by atoms with E-state index in [-0.39, 0.29) is 24.2 Å². The van der Waals surface area contributed by atoms with Crippen LogP contribution in [0, 0.1) is 13.8 Å². The second-order valence-electron chi connectivity index (χ2n) is 5.10. The Labute approximate surface area is 131 Å². The van der Waals surface area contributed by atoms with Crippen LogP contribution in [0.4, 0.5) is 11.6 Å². The predicted octanol–water partition coefficient (Wildman–Crippen LogP) is 2.07. The number of benzene rings is 1. The summed E-state index contributed by atoms with van der Waals surface area (Å²) < 4.78 is 1.44. The predicted molar refractivity (Wildman–Crippen MR) is 81.9 cm³/mol. The molecular formula is C14H14ClN5O2. The minimum absolute atomic E-state index is 0.0151. The Bertz CT molecular complexity index is 771. The highest BCUT2D eigenvalue weighted by Crippen LogP contribution is 2.27. The van der Waals surface area contributed by atoms with Gasteiger partial charge in [-0.25, -0.2) is 4.68 Å². The Hall–Kier alpha value is -2.41. The molecule has 0 saturated heterocycles. The largest absolute Gasteiger partial charge is 0.324 e. The first-order valence-electron chi connectivity index (χ1n) is 6.74.